The van der Waals surface area contributed by atoms with Gasteiger partial charge in [0, 0.05) is 16.2 Å². The summed E-state index contributed by atoms with van der Waals surface area (Å²) in [6, 6.07) is 6.12. The number of pyridine rings is 1. The monoisotopic (exact) mass is 295 g/mol. The minimum absolute atomic E-state index is 0.0458. The summed E-state index contributed by atoms with van der Waals surface area (Å²) in [7, 11) is 0. The minimum Gasteiger partial charge on any atom is -0.478 e. The molecule has 3 nitrogen and oxygen atoms in total. The first-order valence-corrected chi connectivity index (χ1v) is 5.51. The lowest BCUT2D eigenvalue weighted by Crippen LogP contribution is -2.00. The van der Waals surface area contributed by atoms with Crippen molar-refractivity contribution in [3.05, 3.63) is 52.5 Å². The number of rotatable bonds is 2. The number of carboxylic acid groups (broad SMARTS) is 1. The van der Waals surface area contributed by atoms with Crippen molar-refractivity contribution in [2.75, 3.05) is 0 Å². The maximum atomic E-state index is 13.6. The van der Waals surface area contributed by atoms with E-state index in [1.165, 1.54) is 18.3 Å². The van der Waals surface area contributed by atoms with Crippen LogP contribution in [0.2, 0.25) is 0 Å². The van der Waals surface area contributed by atoms with Gasteiger partial charge in [0.15, 0.2) is 0 Å². The molecule has 1 N–H and O–H groups in total. The number of aromatic carboxylic acids is 1. The SMILES string of the molecule is O=C(O)c1cc(Br)ccc1-c1ccncc1F. The average molecular weight is 296 g/mol. The molecule has 1 aromatic heterocycles. The number of hydrogen-bond acceptors (Lipinski definition) is 2. The maximum Gasteiger partial charge on any atom is 0.336 e. The highest BCUT2D eigenvalue weighted by Crippen LogP contribution is 2.28. The van der Waals surface area contributed by atoms with Crippen molar-refractivity contribution < 1.29 is 14.3 Å². The van der Waals surface area contributed by atoms with Crippen LogP contribution in [0.3, 0.4) is 0 Å². The lowest BCUT2D eigenvalue weighted by Gasteiger charge is -2.07. The number of carbonyl (C=O) groups is 1. The van der Waals surface area contributed by atoms with Crippen LogP contribution in [0.25, 0.3) is 11.1 Å². The fourth-order valence-corrected chi connectivity index (χ4v) is 1.88. The molecule has 0 fully saturated rings. The highest BCUT2D eigenvalue weighted by Gasteiger charge is 2.14. The average Bonchev–Trinajstić information content (AvgIpc) is 2.30. The molecule has 0 saturated carbocycles. The van der Waals surface area contributed by atoms with Crippen LogP contribution in [-0.2, 0) is 0 Å². The largest absolute Gasteiger partial charge is 0.478 e. The molecular formula is C12H7BrFNO2. The van der Waals surface area contributed by atoms with Crippen LogP contribution < -0.4 is 0 Å². The molecule has 0 radical (unpaired) electrons. The van der Waals surface area contributed by atoms with E-state index in [4.69, 9.17) is 5.11 Å². The number of halogens is 2. The Hall–Kier alpha value is -1.75. The van der Waals surface area contributed by atoms with Gasteiger partial charge in [-0.05, 0) is 23.8 Å². The molecule has 17 heavy (non-hydrogen) atoms. The molecule has 1 heterocycles. The van der Waals surface area contributed by atoms with Crippen molar-refractivity contribution in [3.8, 4) is 11.1 Å². The summed E-state index contributed by atoms with van der Waals surface area (Å²) in [5, 5.41) is 9.08. The molecule has 0 aliphatic heterocycles. The van der Waals surface area contributed by atoms with E-state index in [0.29, 0.717) is 10.0 Å². The second-order valence-electron chi connectivity index (χ2n) is 3.35. The lowest BCUT2D eigenvalue weighted by molar-refractivity contribution is 0.0697. The molecule has 0 bridgehead atoms. The van der Waals surface area contributed by atoms with Gasteiger partial charge in [-0.25, -0.2) is 9.18 Å². The molecule has 0 aliphatic carbocycles. The zero-order chi connectivity index (χ0) is 12.4. The summed E-state index contributed by atoms with van der Waals surface area (Å²) in [6.45, 7) is 0. The van der Waals surface area contributed by atoms with E-state index in [2.05, 4.69) is 20.9 Å². The molecule has 0 amide bonds. The van der Waals surface area contributed by atoms with Crippen LogP contribution in [0.15, 0.2) is 41.1 Å². The van der Waals surface area contributed by atoms with Gasteiger partial charge in [0.1, 0.15) is 5.82 Å². The Labute approximate surface area is 105 Å². The van der Waals surface area contributed by atoms with E-state index in [-0.39, 0.29) is 11.1 Å². The van der Waals surface area contributed by atoms with Gasteiger partial charge < -0.3 is 5.11 Å². The third kappa shape index (κ3) is 2.34. The first-order chi connectivity index (χ1) is 8.09. The summed E-state index contributed by atoms with van der Waals surface area (Å²) in [4.78, 5) is 14.7. The van der Waals surface area contributed by atoms with Gasteiger partial charge in [-0.15, -0.1) is 0 Å². The van der Waals surface area contributed by atoms with Gasteiger partial charge >= 0.3 is 5.97 Å². The van der Waals surface area contributed by atoms with Crippen LogP contribution in [-0.4, -0.2) is 16.1 Å². The Bertz CT molecular complexity index is 586. The van der Waals surface area contributed by atoms with E-state index in [0.717, 1.165) is 6.20 Å². The zero-order valence-corrected chi connectivity index (χ0v) is 10.1. The molecule has 0 atom stereocenters. The van der Waals surface area contributed by atoms with E-state index >= 15 is 0 Å². The van der Waals surface area contributed by atoms with Gasteiger partial charge in [0.2, 0.25) is 0 Å². The van der Waals surface area contributed by atoms with Crippen molar-refractivity contribution in [1.29, 1.82) is 0 Å². The normalized spacial score (nSPS) is 10.2. The first-order valence-electron chi connectivity index (χ1n) is 4.72. The van der Waals surface area contributed by atoms with Gasteiger partial charge in [-0.1, -0.05) is 22.0 Å². The van der Waals surface area contributed by atoms with Gasteiger partial charge in [0.05, 0.1) is 11.8 Å². The van der Waals surface area contributed by atoms with Crippen molar-refractivity contribution >= 4 is 21.9 Å². The molecule has 0 aliphatic rings. The molecule has 1 aromatic carbocycles. The van der Waals surface area contributed by atoms with Crippen LogP contribution in [0.5, 0.6) is 0 Å². The molecule has 0 saturated heterocycles. The van der Waals surface area contributed by atoms with Crippen molar-refractivity contribution in [2.24, 2.45) is 0 Å². The third-order valence-electron chi connectivity index (χ3n) is 2.27. The van der Waals surface area contributed by atoms with Crippen LogP contribution in [0.1, 0.15) is 10.4 Å². The molecule has 0 spiro atoms. The van der Waals surface area contributed by atoms with Crippen LogP contribution >= 0.6 is 15.9 Å². The van der Waals surface area contributed by atoms with E-state index in [1.54, 1.807) is 12.1 Å². The predicted octanol–water partition coefficient (Wildman–Crippen LogP) is 3.35. The zero-order valence-electron chi connectivity index (χ0n) is 8.52. The summed E-state index contributed by atoms with van der Waals surface area (Å²) < 4.78 is 14.2. The summed E-state index contributed by atoms with van der Waals surface area (Å²) in [5.74, 6) is -1.64. The highest BCUT2D eigenvalue weighted by atomic mass is 79.9. The molecule has 0 unspecified atom stereocenters. The molecule has 2 rings (SSSR count). The van der Waals surface area contributed by atoms with Crippen LogP contribution in [0, 0.1) is 5.82 Å². The topological polar surface area (TPSA) is 50.2 Å². The standard InChI is InChI=1S/C12H7BrFNO2/c13-7-1-2-8(10(5-7)12(16)17)9-3-4-15-6-11(9)14/h1-6H,(H,16,17). The van der Waals surface area contributed by atoms with Gasteiger partial charge in [-0.2, -0.15) is 0 Å². The van der Waals surface area contributed by atoms with Gasteiger partial charge in [0.25, 0.3) is 0 Å². The number of carboxylic acids is 1. The Balaban J connectivity index is 2.68. The molecule has 2 aromatic rings. The molecular weight excluding hydrogens is 289 g/mol. The quantitative estimate of drug-likeness (QED) is 0.924. The van der Waals surface area contributed by atoms with Gasteiger partial charge in [-0.3, -0.25) is 4.98 Å². The molecule has 5 heteroatoms. The second-order valence-corrected chi connectivity index (χ2v) is 4.27. The van der Waals surface area contributed by atoms with Crippen LogP contribution in [0.4, 0.5) is 4.39 Å². The maximum absolute atomic E-state index is 13.6. The Morgan fingerprint density at radius 1 is 1.29 bits per heavy atom. The molecule has 86 valence electrons. The Kier molecular flexibility index (Phi) is 3.19. The Morgan fingerprint density at radius 3 is 2.71 bits per heavy atom. The lowest BCUT2D eigenvalue weighted by atomic mass is 10.0. The summed E-state index contributed by atoms with van der Waals surface area (Å²) in [6.07, 6.45) is 2.48. The van der Waals surface area contributed by atoms with Crippen molar-refractivity contribution in [3.63, 3.8) is 0 Å². The van der Waals surface area contributed by atoms with Crippen molar-refractivity contribution in [2.45, 2.75) is 0 Å². The highest BCUT2D eigenvalue weighted by molar-refractivity contribution is 9.10. The fourth-order valence-electron chi connectivity index (χ4n) is 1.52. The second kappa shape index (κ2) is 4.63. The smallest absolute Gasteiger partial charge is 0.336 e. The number of aromatic nitrogens is 1. The van der Waals surface area contributed by atoms with E-state index < -0.39 is 11.8 Å². The third-order valence-corrected chi connectivity index (χ3v) is 2.77. The summed E-state index contributed by atoms with van der Waals surface area (Å²) in [5.41, 5.74) is 0.606. The summed E-state index contributed by atoms with van der Waals surface area (Å²) >= 11 is 3.19. The number of hydrogen-bond donors (Lipinski definition) is 1. The minimum atomic E-state index is -1.10. The number of nitrogens with zero attached hydrogens (tertiary/aromatic N) is 1. The van der Waals surface area contributed by atoms with E-state index in [1.807, 2.05) is 0 Å². The first kappa shape index (κ1) is 11.7. The Morgan fingerprint density at radius 2 is 2.06 bits per heavy atom. The fraction of sp³-hybridized carbons (Fsp3) is 0. The van der Waals surface area contributed by atoms with E-state index in [9.17, 15) is 9.18 Å². The number of benzene rings is 1. The van der Waals surface area contributed by atoms with Crippen molar-refractivity contribution in [1.82, 2.24) is 4.98 Å². The predicted molar refractivity (Wildman–Crippen MR) is 64.3 cm³/mol.